The normalized spacial score (nSPS) is 28.6. The molecular formula is C18H23N3O4S2. The van der Waals surface area contributed by atoms with E-state index >= 15 is 0 Å². The fraction of sp³-hybridized carbons (Fsp3) is 0.556. The molecule has 146 valence electrons. The van der Waals surface area contributed by atoms with Crippen molar-refractivity contribution in [2.24, 2.45) is 4.99 Å². The molecule has 0 radical (unpaired) electrons. The molecule has 2 fully saturated rings. The monoisotopic (exact) mass is 409 g/mol. The van der Waals surface area contributed by atoms with Gasteiger partial charge in [-0.25, -0.2) is 8.42 Å². The Hall–Kier alpha value is -1.58. The molecule has 0 spiro atoms. The minimum atomic E-state index is -2.96. The van der Waals surface area contributed by atoms with Crippen molar-refractivity contribution >= 4 is 38.4 Å². The Kier molecular flexibility index (Phi) is 5.17. The lowest BCUT2D eigenvalue weighted by Crippen LogP contribution is -2.31. The molecule has 0 aliphatic carbocycles. The number of fused-ring (bicyclic) bond motifs is 1. The predicted octanol–water partition coefficient (Wildman–Crippen LogP) is 1.58. The van der Waals surface area contributed by atoms with Gasteiger partial charge in [0.2, 0.25) is 0 Å². The van der Waals surface area contributed by atoms with E-state index in [1.165, 1.54) is 11.8 Å². The Morgan fingerprint density at radius 2 is 2.22 bits per heavy atom. The summed E-state index contributed by atoms with van der Waals surface area (Å²) in [5.41, 5.74) is 2.39. The molecule has 1 amide bonds. The van der Waals surface area contributed by atoms with Crippen molar-refractivity contribution in [3.8, 4) is 0 Å². The smallest absolute Gasteiger partial charge is 0.251 e. The van der Waals surface area contributed by atoms with E-state index < -0.39 is 9.84 Å². The molecule has 3 atom stereocenters. The number of aryl methyl sites for hydroxylation is 1. The number of amidine groups is 1. The van der Waals surface area contributed by atoms with Crippen molar-refractivity contribution in [3.05, 3.63) is 29.3 Å². The van der Waals surface area contributed by atoms with Crippen molar-refractivity contribution < 1.29 is 17.9 Å². The van der Waals surface area contributed by atoms with Gasteiger partial charge in [0.1, 0.15) is 0 Å². The molecule has 0 bridgehead atoms. The summed E-state index contributed by atoms with van der Waals surface area (Å²) in [4.78, 5) is 17.0. The van der Waals surface area contributed by atoms with Gasteiger partial charge in [0.25, 0.3) is 5.91 Å². The molecule has 0 saturated carbocycles. The van der Waals surface area contributed by atoms with Gasteiger partial charge in [-0.05, 0) is 37.5 Å². The first-order valence-corrected chi connectivity index (χ1v) is 11.8. The lowest BCUT2D eigenvalue weighted by Gasteiger charge is -2.13. The summed E-state index contributed by atoms with van der Waals surface area (Å²) < 4.78 is 28.9. The summed E-state index contributed by atoms with van der Waals surface area (Å²) in [5, 5.41) is 6.92. The van der Waals surface area contributed by atoms with Crippen molar-refractivity contribution in [1.29, 1.82) is 0 Å². The standard InChI is InChI=1S/C18H23N3O4S2/c1-11-4-5-12(17(22)19-8-13-3-2-6-25-13)7-14(11)20-18-21-15-9-27(23,24)10-16(15)26-18/h4-5,7,13,15-16H,2-3,6,8-10H2,1H3,(H,19,22)(H,20,21)/t13-,15-,16-/m0/s1. The van der Waals surface area contributed by atoms with Crippen LogP contribution >= 0.6 is 11.8 Å². The maximum Gasteiger partial charge on any atom is 0.251 e. The minimum absolute atomic E-state index is 0.00398. The molecule has 0 aromatic heterocycles. The zero-order chi connectivity index (χ0) is 19.0. The molecule has 3 aliphatic rings. The van der Waals surface area contributed by atoms with Gasteiger partial charge < -0.3 is 15.4 Å². The number of anilines is 1. The molecule has 1 aromatic carbocycles. The quantitative estimate of drug-likeness (QED) is 0.784. The number of ether oxygens (including phenoxy) is 1. The van der Waals surface area contributed by atoms with E-state index in [-0.39, 0.29) is 34.8 Å². The molecule has 2 saturated heterocycles. The van der Waals surface area contributed by atoms with E-state index in [1.807, 2.05) is 19.1 Å². The number of amides is 1. The van der Waals surface area contributed by atoms with Gasteiger partial charge in [-0.3, -0.25) is 9.79 Å². The Balaban J connectivity index is 1.41. The highest BCUT2D eigenvalue weighted by Crippen LogP contribution is 2.35. The van der Waals surface area contributed by atoms with Crippen LogP contribution in [0.4, 0.5) is 5.69 Å². The third-order valence-electron chi connectivity index (χ3n) is 5.07. The highest BCUT2D eigenvalue weighted by molar-refractivity contribution is 8.15. The van der Waals surface area contributed by atoms with Gasteiger partial charge in [-0.1, -0.05) is 17.8 Å². The van der Waals surface area contributed by atoms with E-state index in [0.29, 0.717) is 12.1 Å². The number of thioether (sulfide) groups is 1. The fourth-order valence-electron chi connectivity index (χ4n) is 3.54. The van der Waals surface area contributed by atoms with Crippen LogP contribution in [-0.4, -0.2) is 61.5 Å². The van der Waals surface area contributed by atoms with Crippen LogP contribution in [0.1, 0.15) is 28.8 Å². The molecule has 0 unspecified atom stereocenters. The number of carbonyl (C=O) groups is 1. The summed E-state index contributed by atoms with van der Waals surface area (Å²) >= 11 is 1.47. The zero-order valence-corrected chi connectivity index (χ0v) is 16.7. The van der Waals surface area contributed by atoms with E-state index in [1.54, 1.807) is 6.07 Å². The molecule has 1 aromatic rings. The molecule has 4 rings (SSSR count). The topological polar surface area (TPSA) is 96.9 Å². The first-order valence-electron chi connectivity index (χ1n) is 9.12. The lowest BCUT2D eigenvalue weighted by molar-refractivity contribution is 0.0858. The second-order valence-corrected chi connectivity index (χ2v) is 10.6. The van der Waals surface area contributed by atoms with Crippen molar-refractivity contribution in [2.45, 2.75) is 37.2 Å². The van der Waals surface area contributed by atoms with Crippen molar-refractivity contribution in [3.63, 3.8) is 0 Å². The maximum atomic E-state index is 12.4. The number of hydrogen-bond acceptors (Lipinski definition) is 7. The SMILES string of the molecule is Cc1ccc(C(=O)NC[C@@H]2CCCO2)cc1NC1=N[C@H]2CS(=O)(=O)C[C@@H]2S1. The van der Waals surface area contributed by atoms with E-state index in [2.05, 4.69) is 15.6 Å². The van der Waals surface area contributed by atoms with Crippen LogP contribution in [0.2, 0.25) is 0 Å². The molecule has 27 heavy (non-hydrogen) atoms. The van der Waals surface area contributed by atoms with Gasteiger partial charge >= 0.3 is 0 Å². The van der Waals surface area contributed by atoms with Crippen molar-refractivity contribution in [1.82, 2.24) is 5.32 Å². The second-order valence-electron chi connectivity index (χ2n) is 7.23. The third kappa shape index (κ3) is 4.30. The Labute approximate surface area is 163 Å². The van der Waals surface area contributed by atoms with E-state index in [4.69, 9.17) is 4.74 Å². The number of nitrogens with one attached hydrogen (secondary N) is 2. The van der Waals surface area contributed by atoms with Crippen LogP contribution in [0.25, 0.3) is 0 Å². The van der Waals surface area contributed by atoms with Gasteiger partial charge in [0.05, 0.1) is 23.7 Å². The molecule has 3 aliphatic heterocycles. The third-order valence-corrected chi connectivity index (χ3v) is 8.22. The fourth-order valence-corrected chi connectivity index (χ4v) is 7.21. The molecular weight excluding hydrogens is 386 g/mol. The van der Waals surface area contributed by atoms with Crippen molar-refractivity contribution in [2.75, 3.05) is 30.0 Å². The number of nitrogens with zero attached hydrogens (tertiary/aromatic N) is 1. The molecule has 9 heteroatoms. The summed E-state index contributed by atoms with van der Waals surface area (Å²) in [6.45, 7) is 3.25. The van der Waals surface area contributed by atoms with Crippen LogP contribution < -0.4 is 10.6 Å². The molecule has 2 N–H and O–H groups in total. The number of aliphatic imine (C=N–C) groups is 1. The largest absolute Gasteiger partial charge is 0.376 e. The summed E-state index contributed by atoms with van der Waals surface area (Å²) in [6, 6.07) is 5.35. The predicted molar refractivity (Wildman–Crippen MR) is 107 cm³/mol. The first kappa shape index (κ1) is 18.8. The van der Waals surface area contributed by atoms with Gasteiger partial charge in [0.15, 0.2) is 15.0 Å². The maximum absolute atomic E-state index is 12.4. The first-order chi connectivity index (χ1) is 12.9. The lowest BCUT2D eigenvalue weighted by atomic mass is 10.1. The number of carbonyl (C=O) groups excluding carboxylic acids is 1. The molecule has 7 nitrogen and oxygen atoms in total. The summed E-state index contributed by atoms with van der Waals surface area (Å²) in [7, 11) is -2.96. The van der Waals surface area contributed by atoms with Crippen LogP contribution in [-0.2, 0) is 14.6 Å². The Morgan fingerprint density at radius 1 is 1.37 bits per heavy atom. The highest BCUT2D eigenvalue weighted by atomic mass is 32.2. The second kappa shape index (κ2) is 7.44. The zero-order valence-electron chi connectivity index (χ0n) is 15.1. The summed E-state index contributed by atoms with van der Waals surface area (Å²) in [6.07, 6.45) is 2.13. The number of benzene rings is 1. The Morgan fingerprint density at radius 3 is 2.96 bits per heavy atom. The van der Waals surface area contributed by atoms with Crippen LogP contribution in [0, 0.1) is 6.92 Å². The van der Waals surface area contributed by atoms with Crippen LogP contribution in [0.15, 0.2) is 23.2 Å². The average molecular weight is 410 g/mol. The highest BCUT2D eigenvalue weighted by Gasteiger charge is 2.42. The van der Waals surface area contributed by atoms with E-state index in [9.17, 15) is 13.2 Å². The Bertz CT molecular complexity index is 879. The van der Waals surface area contributed by atoms with Crippen LogP contribution in [0.3, 0.4) is 0 Å². The van der Waals surface area contributed by atoms with E-state index in [0.717, 1.165) is 35.9 Å². The summed E-state index contributed by atoms with van der Waals surface area (Å²) in [5.74, 6) is 0.180. The average Bonchev–Trinajstić information content (AvgIpc) is 3.29. The minimum Gasteiger partial charge on any atom is -0.376 e. The number of hydrogen-bond donors (Lipinski definition) is 2. The molecule has 3 heterocycles. The number of rotatable bonds is 4. The number of sulfone groups is 1. The van der Waals surface area contributed by atoms with Gasteiger partial charge in [0, 0.05) is 29.7 Å². The van der Waals surface area contributed by atoms with Crippen LogP contribution in [0.5, 0.6) is 0 Å². The van der Waals surface area contributed by atoms with Gasteiger partial charge in [-0.15, -0.1) is 0 Å². The van der Waals surface area contributed by atoms with Gasteiger partial charge in [-0.2, -0.15) is 0 Å².